The van der Waals surface area contributed by atoms with Crippen molar-refractivity contribution >= 4 is 35.5 Å². The van der Waals surface area contributed by atoms with Crippen LogP contribution in [0.25, 0.3) is 6.08 Å². The molecule has 1 fully saturated rings. The summed E-state index contributed by atoms with van der Waals surface area (Å²) in [5.74, 6) is 0. The van der Waals surface area contributed by atoms with E-state index in [4.69, 9.17) is 9.47 Å². The van der Waals surface area contributed by atoms with Crippen LogP contribution in [0.5, 0.6) is 0 Å². The second kappa shape index (κ2) is 6.50. The Bertz CT molecular complexity index is 540. The number of hydrogen-bond donors (Lipinski definition) is 0. The van der Waals surface area contributed by atoms with Gasteiger partial charge in [0.2, 0.25) is 0 Å². The quantitative estimate of drug-likeness (QED) is 0.630. The molecule has 7 heteroatoms. The molecule has 1 atom stereocenters. The van der Waals surface area contributed by atoms with Crippen LogP contribution in [-0.4, -0.2) is 61.4 Å². The average molecular weight is 327 g/mol. The zero-order valence-electron chi connectivity index (χ0n) is 12.0. The molecule has 0 spiro atoms. The van der Waals surface area contributed by atoms with Crippen molar-refractivity contribution in [1.29, 1.82) is 0 Å². The summed E-state index contributed by atoms with van der Waals surface area (Å²) in [6.07, 6.45) is 3.76. The van der Waals surface area contributed by atoms with E-state index in [0.29, 0.717) is 6.54 Å². The SMILES string of the molecule is COC(=O)[N+]1(CCN2CCOCC2)C=Cc2ccsc2S1. The molecule has 0 aromatic carbocycles. The van der Waals surface area contributed by atoms with E-state index in [2.05, 4.69) is 16.3 Å². The molecule has 1 amide bonds. The van der Waals surface area contributed by atoms with Gasteiger partial charge < -0.3 is 9.47 Å². The Morgan fingerprint density at radius 3 is 3.05 bits per heavy atom. The summed E-state index contributed by atoms with van der Waals surface area (Å²) in [5, 5.41) is 2.06. The summed E-state index contributed by atoms with van der Waals surface area (Å²) in [6, 6.07) is 2.08. The summed E-state index contributed by atoms with van der Waals surface area (Å²) in [6.45, 7) is 4.97. The van der Waals surface area contributed by atoms with Gasteiger partial charge in [0.1, 0.15) is 28.9 Å². The number of fused-ring (bicyclic) bond motifs is 1. The lowest BCUT2D eigenvalue weighted by molar-refractivity contribution is -0.660. The van der Waals surface area contributed by atoms with E-state index < -0.39 is 0 Å². The molecular weight excluding hydrogens is 308 g/mol. The first-order valence-electron chi connectivity index (χ1n) is 6.96. The highest BCUT2D eigenvalue weighted by molar-refractivity contribution is 7.96. The van der Waals surface area contributed by atoms with Crippen LogP contribution < -0.4 is 0 Å². The predicted molar refractivity (Wildman–Crippen MR) is 84.0 cm³/mol. The van der Waals surface area contributed by atoms with Gasteiger partial charge in [0.05, 0.1) is 20.3 Å². The van der Waals surface area contributed by atoms with Gasteiger partial charge in [-0.25, -0.2) is 0 Å². The van der Waals surface area contributed by atoms with E-state index in [9.17, 15) is 4.79 Å². The smallest absolute Gasteiger partial charge is 0.422 e. The van der Waals surface area contributed by atoms with Crippen molar-refractivity contribution in [3.8, 4) is 0 Å². The molecule has 0 saturated carbocycles. The minimum atomic E-state index is -0.219. The highest BCUT2D eigenvalue weighted by Gasteiger charge is 2.42. The summed E-state index contributed by atoms with van der Waals surface area (Å²) >= 11 is 3.24. The molecule has 0 N–H and O–H groups in total. The van der Waals surface area contributed by atoms with Crippen molar-refractivity contribution in [1.82, 2.24) is 4.90 Å². The van der Waals surface area contributed by atoms with Gasteiger partial charge in [0.15, 0.2) is 0 Å². The first kappa shape index (κ1) is 15.1. The van der Waals surface area contributed by atoms with Crippen LogP contribution in [-0.2, 0) is 9.47 Å². The molecule has 0 aliphatic carbocycles. The molecule has 3 rings (SSSR count). The van der Waals surface area contributed by atoms with E-state index in [1.165, 1.54) is 16.9 Å². The molecule has 1 aromatic rings. The topological polar surface area (TPSA) is 38.8 Å². The molecule has 1 unspecified atom stereocenters. The highest BCUT2D eigenvalue weighted by Crippen LogP contribution is 2.42. The van der Waals surface area contributed by atoms with Gasteiger partial charge in [-0.15, -0.1) is 15.2 Å². The number of ether oxygens (including phenoxy) is 2. The normalized spacial score (nSPS) is 25.6. The summed E-state index contributed by atoms with van der Waals surface area (Å²) in [5.41, 5.74) is 1.19. The third-order valence-corrected chi connectivity index (χ3v) is 6.15. The van der Waals surface area contributed by atoms with Crippen LogP contribution in [0.3, 0.4) is 0 Å². The number of hydrogen-bond acceptors (Lipinski definition) is 6. The first-order valence-corrected chi connectivity index (χ1v) is 8.61. The number of rotatable bonds is 3. The molecular formula is C14H19N2O3S2+. The fraction of sp³-hybridized carbons (Fsp3) is 0.500. The van der Waals surface area contributed by atoms with Gasteiger partial charge in [-0.05, 0) is 11.4 Å². The zero-order valence-corrected chi connectivity index (χ0v) is 13.6. The third-order valence-electron chi connectivity index (χ3n) is 3.73. The second-order valence-electron chi connectivity index (χ2n) is 5.01. The molecule has 21 heavy (non-hydrogen) atoms. The van der Waals surface area contributed by atoms with Gasteiger partial charge in [0.25, 0.3) is 0 Å². The summed E-state index contributed by atoms with van der Waals surface area (Å²) in [4.78, 5) is 14.7. The van der Waals surface area contributed by atoms with Crippen molar-refractivity contribution < 1.29 is 18.2 Å². The molecule has 5 nitrogen and oxygen atoms in total. The maximum Gasteiger partial charge on any atom is 0.532 e. The Hall–Kier alpha value is -0.860. The van der Waals surface area contributed by atoms with Crippen LogP contribution in [0.2, 0.25) is 0 Å². The highest BCUT2D eigenvalue weighted by atomic mass is 32.2. The summed E-state index contributed by atoms with van der Waals surface area (Å²) < 4.78 is 11.8. The van der Waals surface area contributed by atoms with Gasteiger partial charge >= 0.3 is 6.09 Å². The van der Waals surface area contributed by atoms with Crippen LogP contribution in [0, 0.1) is 0 Å². The maximum absolute atomic E-state index is 12.3. The van der Waals surface area contributed by atoms with Crippen LogP contribution in [0.4, 0.5) is 4.79 Å². The fourth-order valence-corrected chi connectivity index (χ4v) is 4.79. The van der Waals surface area contributed by atoms with E-state index in [0.717, 1.165) is 32.8 Å². The molecule has 2 aliphatic rings. The molecule has 0 radical (unpaired) electrons. The maximum atomic E-state index is 12.3. The standard InChI is InChI=1S/C14H19N2O3S2/c1-18-14(17)16(8-4-15-5-9-19-10-6-15)7-2-12-3-11-20-13(12)21-16/h2-3,7,11H,4-6,8-10H2,1H3/q+1. The van der Waals surface area contributed by atoms with Crippen molar-refractivity contribution in [2.24, 2.45) is 0 Å². The third kappa shape index (κ3) is 3.17. The number of morpholine rings is 1. The Morgan fingerprint density at radius 1 is 1.48 bits per heavy atom. The largest absolute Gasteiger partial charge is 0.532 e. The Morgan fingerprint density at radius 2 is 2.29 bits per heavy atom. The molecule has 3 heterocycles. The molecule has 1 aromatic heterocycles. The number of carbonyl (C=O) groups excluding carboxylic acids is 1. The van der Waals surface area contributed by atoms with Crippen molar-refractivity contribution in [3.05, 3.63) is 23.2 Å². The zero-order chi connectivity index (χ0) is 14.7. The van der Waals surface area contributed by atoms with Crippen LogP contribution in [0.15, 0.2) is 21.9 Å². The van der Waals surface area contributed by atoms with Crippen molar-refractivity contribution in [2.45, 2.75) is 4.21 Å². The van der Waals surface area contributed by atoms with Crippen molar-refractivity contribution in [3.63, 3.8) is 0 Å². The average Bonchev–Trinajstić information content (AvgIpc) is 3.00. The summed E-state index contributed by atoms with van der Waals surface area (Å²) in [7, 11) is 1.45. The molecule has 114 valence electrons. The molecule has 0 bridgehead atoms. The van der Waals surface area contributed by atoms with Gasteiger partial charge in [-0.3, -0.25) is 4.90 Å². The number of nitrogens with zero attached hydrogens (tertiary/aromatic N) is 2. The lowest BCUT2D eigenvalue weighted by atomic mass is 10.3. The lowest BCUT2D eigenvalue weighted by Gasteiger charge is -2.32. The monoisotopic (exact) mass is 327 g/mol. The Labute approximate surface area is 132 Å². The van der Waals surface area contributed by atoms with Crippen LogP contribution in [0.1, 0.15) is 5.56 Å². The van der Waals surface area contributed by atoms with E-state index in [1.807, 2.05) is 12.3 Å². The molecule has 2 aliphatic heterocycles. The molecule has 1 saturated heterocycles. The van der Waals surface area contributed by atoms with Crippen molar-refractivity contribution in [2.75, 3.05) is 46.5 Å². The Kier molecular flexibility index (Phi) is 4.66. The Balaban J connectivity index is 1.73. The number of thiophene rings is 1. The second-order valence-corrected chi connectivity index (χ2v) is 7.43. The number of amides is 1. The number of carbonyl (C=O) groups is 1. The first-order chi connectivity index (χ1) is 10.2. The minimum Gasteiger partial charge on any atom is -0.422 e. The van der Waals surface area contributed by atoms with Gasteiger partial charge in [-0.1, -0.05) is 0 Å². The van der Waals surface area contributed by atoms with E-state index in [-0.39, 0.29) is 9.98 Å². The van der Waals surface area contributed by atoms with Gasteiger partial charge in [0, 0.05) is 31.3 Å². The van der Waals surface area contributed by atoms with E-state index >= 15 is 0 Å². The predicted octanol–water partition coefficient (Wildman–Crippen LogP) is 2.65. The number of methoxy groups -OCH3 is 1. The lowest BCUT2D eigenvalue weighted by Crippen LogP contribution is -2.49. The van der Waals surface area contributed by atoms with Gasteiger partial charge in [-0.2, -0.15) is 4.79 Å². The minimum absolute atomic E-state index is 0.168. The number of quaternary nitrogens is 1. The van der Waals surface area contributed by atoms with E-state index in [1.54, 1.807) is 23.3 Å². The van der Waals surface area contributed by atoms with Crippen LogP contribution >= 0.6 is 23.3 Å². The fourth-order valence-electron chi connectivity index (χ4n) is 2.46.